The Kier molecular flexibility index (Phi) is 9.05. The summed E-state index contributed by atoms with van der Waals surface area (Å²) < 4.78 is 2.07. The van der Waals surface area contributed by atoms with Crippen LogP contribution in [-0.4, -0.2) is 40.5 Å². The first-order chi connectivity index (χ1) is 15.0. The number of nitrogens with zero attached hydrogens (tertiary/aromatic N) is 3. The van der Waals surface area contributed by atoms with Crippen LogP contribution in [0.3, 0.4) is 0 Å². The van der Waals surface area contributed by atoms with Crippen LogP contribution in [0, 0.1) is 0 Å². The lowest BCUT2D eigenvalue weighted by Crippen LogP contribution is -2.25. The summed E-state index contributed by atoms with van der Waals surface area (Å²) in [6.07, 6.45) is 6.28. The quantitative estimate of drug-likeness (QED) is 0.291. The van der Waals surface area contributed by atoms with E-state index in [1.807, 2.05) is 42.5 Å². The average Bonchev–Trinajstić information content (AvgIpc) is 2.76. The molecule has 0 spiro atoms. The Labute approximate surface area is 202 Å². The molecule has 164 valence electrons. The van der Waals surface area contributed by atoms with Gasteiger partial charge >= 0.3 is 0 Å². The van der Waals surface area contributed by atoms with Crippen molar-refractivity contribution in [2.75, 3.05) is 25.0 Å². The minimum absolute atomic E-state index is 0.339. The molecule has 2 aromatic carbocycles. The van der Waals surface area contributed by atoms with Crippen LogP contribution in [0.5, 0.6) is 0 Å². The lowest BCUT2D eigenvalue weighted by molar-refractivity contribution is 0.295. The van der Waals surface area contributed by atoms with E-state index in [-0.39, 0.29) is 0 Å². The predicted octanol–water partition coefficient (Wildman–Crippen LogP) is 7.25. The first-order valence-corrected chi connectivity index (χ1v) is 12.5. The van der Waals surface area contributed by atoms with Gasteiger partial charge in [-0.05, 0) is 75.3 Å². The van der Waals surface area contributed by atoms with Gasteiger partial charge in [0, 0.05) is 20.4 Å². The lowest BCUT2D eigenvalue weighted by atomic mass is 10.1. The molecule has 0 bridgehead atoms. The van der Waals surface area contributed by atoms with E-state index in [1.165, 1.54) is 6.42 Å². The number of para-hydroxylation sites is 1. The maximum absolute atomic E-state index is 4.83. The molecule has 31 heavy (non-hydrogen) atoms. The number of aromatic nitrogens is 2. The third-order valence-electron chi connectivity index (χ3n) is 5.38. The molecule has 0 aliphatic carbocycles. The van der Waals surface area contributed by atoms with E-state index >= 15 is 0 Å². The number of anilines is 1. The molecule has 6 heteroatoms. The molecule has 0 fully saturated rings. The van der Waals surface area contributed by atoms with Gasteiger partial charge in [0.05, 0.1) is 5.52 Å². The van der Waals surface area contributed by atoms with Crippen molar-refractivity contribution in [1.82, 2.24) is 14.9 Å². The van der Waals surface area contributed by atoms with E-state index in [9.17, 15) is 0 Å². The molecule has 0 aliphatic heterocycles. The molecule has 1 unspecified atom stereocenters. The molecule has 0 saturated heterocycles. The van der Waals surface area contributed by atoms with Crippen LogP contribution in [0.2, 0.25) is 0 Å². The van der Waals surface area contributed by atoms with Gasteiger partial charge in [-0.2, -0.15) is 0 Å². The third-order valence-corrected chi connectivity index (χ3v) is 6.56. The molecule has 1 aromatic heterocycles. The summed E-state index contributed by atoms with van der Waals surface area (Å²) >= 11 is 7.11. The van der Waals surface area contributed by atoms with Gasteiger partial charge in [-0.15, -0.1) is 0 Å². The van der Waals surface area contributed by atoms with Crippen LogP contribution in [0.4, 0.5) is 5.82 Å². The summed E-state index contributed by atoms with van der Waals surface area (Å²) in [7, 11) is 0. The zero-order valence-corrected chi connectivity index (χ0v) is 21.6. The van der Waals surface area contributed by atoms with Crippen molar-refractivity contribution in [3.8, 4) is 0 Å². The van der Waals surface area contributed by atoms with Crippen LogP contribution in [0.25, 0.3) is 23.1 Å². The summed E-state index contributed by atoms with van der Waals surface area (Å²) in [5.74, 6) is 1.60. The van der Waals surface area contributed by atoms with Crippen LogP contribution in [0.1, 0.15) is 45.0 Å². The Hall–Kier alpha value is -1.76. The standard InChI is InChI=1S/C25H30Br2N4/c1-4-31(5-2)16-8-9-18(3)28-25-21-10-6-7-11-23(21)29-24(30-25)15-13-19-12-14-20(26)17-22(19)27/h6-7,10-15,17-18H,4-5,8-9,16H2,1-3H3,(H,28,29,30). The zero-order valence-electron chi connectivity index (χ0n) is 18.4. The van der Waals surface area contributed by atoms with E-state index in [0.717, 1.165) is 57.3 Å². The van der Waals surface area contributed by atoms with Crippen molar-refractivity contribution in [3.63, 3.8) is 0 Å². The molecular weight excluding hydrogens is 516 g/mol. The molecule has 0 aliphatic rings. The second-order valence-corrected chi connectivity index (χ2v) is 9.43. The smallest absolute Gasteiger partial charge is 0.154 e. The summed E-state index contributed by atoms with van der Waals surface area (Å²) in [6.45, 7) is 10.0. The maximum atomic E-state index is 4.83. The second-order valence-electron chi connectivity index (χ2n) is 7.66. The molecule has 0 amide bonds. The van der Waals surface area contributed by atoms with Crippen molar-refractivity contribution in [1.29, 1.82) is 0 Å². The molecule has 3 aromatic rings. The molecule has 1 N–H and O–H groups in total. The van der Waals surface area contributed by atoms with Crippen molar-refractivity contribution in [2.45, 2.75) is 39.7 Å². The monoisotopic (exact) mass is 544 g/mol. The highest BCUT2D eigenvalue weighted by molar-refractivity contribution is 9.11. The van der Waals surface area contributed by atoms with Gasteiger partial charge in [0.25, 0.3) is 0 Å². The normalized spacial score (nSPS) is 12.7. The van der Waals surface area contributed by atoms with Crippen LogP contribution < -0.4 is 5.32 Å². The topological polar surface area (TPSA) is 41.0 Å². The minimum Gasteiger partial charge on any atom is -0.367 e. The number of hydrogen-bond acceptors (Lipinski definition) is 4. The van der Waals surface area contributed by atoms with Gasteiger partial charge in [-0.1, -0.05) is 70.0 Å². The van der Waals surface area contributed by atoms with Gasteiger partial charge in [0.1, 0.15) is 5.82 Å². The fourth-order valence-corrected chi connectivity index (χ4v) is 4.73. The highest BCUT2D eigenvalue weighted by Crippen LogP contribution is 2.25. The van der Waals surface area contributed by atoms with Gasteiger partial charge < -0.3 is 10.2 Å². The molecule has 0 saturated carbocycles. The van der Waals surface area contributed by atoms with Crippen LogP contribution in [0.15, 0.2) is 51.4 Å². The highest BCUT2D eigenvalue weighted by Gasteiger charge is 2.10. The second kappa shape index (κ2) is 11.7. The number of benzene rings is 2. The third kappa shape index (κ3) is 6.86. The number of nitrogens with one attached hydrogen (secondary N) is 1. The van der Waals surface area contributed by atoms with E-state index in [2.05, 4.69) is 75.0 Å². The van der Waals surface area contributed by atoms with Crippen LogP contribution >= 0.6 is 31.9 Å². The molecule has 3 rings (SSSR count). The van der Waals surface area contributed by atoms with Crippen molar-refractivity contribution < 1.29 is 0 Å². The summed E-state index contributed by atoms with van der Waals surface area (Å²) in [6, 6.07) is 14.6. The fourth-order valence-electron chi connectivity index (χ4n) is 3.55. The molecule has 1 atom stereocenters. The highest BCUT2D eigenvalue weighted by atomic mass is 79.9. The van der Waals surface area contributed by atoms with Crippen molar-refractivity contribution >= 4 is 60.7 Å². The Morgan fingerprint density at radius 2 is 1.81 bits per heavy atom. The zero-order chi connectivity index (χ0) is 22.2. The van der Waals surface area contributed by atoms with Gasteiger partial charge in [0.2, 0.25) is 0 Å². The van der Waals surface area contributed by atoms with Gasteiger partial charge in [-0.25, -0.2) is 9.97 Å². The maximum Gasteiger partial charge on any atom is 0.154 e. The van der Waals surface area contributed by atoms with Crippen molar-refractivity contribution in [2.24, 2.45) is 0 Å². The Morgan fingerprint density at radius 3 is 2.55 bits per heavy atom. The van der Waals surface area contributed by atoms with Gasteiger partial charge in [0.15, 0.2) is 5.82 Å². The van der Waals surface area contributed by atoms with Gasteiger partial charge in [-0.3, -0.25) is 0 Å². The Balaban J connectivity index is 1.78. The molecule has 0 radical (unpaired) electrons. The predicted molar refractivity (Wildman–Crippen MR) is 140 cm³/mol. The lowest BCUT2D eigenvalue weighted by Gasteiger charge is -2.20. The van der Waals surface area contributed by atoms with E-state index in [1.54, 1.807) is 0 Å². The van der Waals surface area contributed by atoms with E-state index in [4.69, 9.17) is 9.97 Å². The Morgan fingerprint density at radius 1 is 1.03 bits per heavy atom. The van der Waals surface area contributed by atoms with Crippen LogP contribution in [-0.2, 0) is 0 Å². The Bertz CT molecular complexity index is 1030. The SMILES string of the molecule is CCN(CC)CCCC(C)Nc1nc(C=Cc2ccc(Br)cc2Br)nc2ccccc12. The fraction of sp³-hybridized carbons (Fsp3) is 0.360. The number of fused-ring (bicyclic) bond motifs is 1. The average molecular weight is 546 g/mol. The summed E-state index contributed by atoms with van der Waals surface area (Å²) in [4.78, 5) is 12.0. The summed E-state index contributed by atoms with van der Waals surface area (Å²) in [5.41, 5.74) is 2.03. The first kappa shape index (κ1) is 23.9. The van der Waals surface area contributed by atoms with E-state index < -0.39 is 0 Å². The minimum atomic E-state index is 0.339. The largest absolute Gasteiger partial charge is 0.367 e. The van der Waals surface area contributed by atoms with E-state index in [0.29, 0.717) is 11.9 Å². The number of hydrogen-bond donors (Lipinski definition) is 1. The molecule has 1 heterocycles. The number of halogens is 2. The molecule has 4 nitrogen and oxygen atoms in total. The number of rotatable bonds is 10. The summed E-state index contributed by atoms with van der Waals surface area (Å²) in [5, 5.41) is 4.69. The van der Waals surface area contributed by atoms with Crippen molar-refractivity contribution in [3.05, 3.63) is 62.8 Å². The first-order valence-electron chi connectivity index (χ1n) is 10.9. The molecular formula is C25H30Br2N4.